The lowest BCUT2D eigenvalue weighted by Gasteiger charge is -2.05. The molecule has 0 saturated heterocycles. The summed E-state index contributed by atoms with van der Waals surface area (Å²) >= 11 is 0. The second-order valence-corrected chi connectivity index (χ2v) is 4.42. The number of rotatable bonds is 1. The standard InChI is InChI=1S/C14H7F5N2/c15-9-3-1-2-8(12(9)16)13-20-10-5-4-7(14(17,18)19)6-11(10)21-13/h1-6H,(H,20,21). The third-order valence-corrected chi connectivity index (χ3v) is 3.02. The van der Waals surface area contributed by atoms with E-state index < -0.39 is 23.4 Å². The van der Waals surface area contributed by atoms with Crippen LogP contribution in [0.4, 0.5) is 22.0 Å². The topological polar surface area (TPSA) is 28.7 Å². The summed E-state index contributed by atoms with van der Waals surface area (Å²) in [5.41, 5.74) is -0.644. The number of nitrogens with one attached hydrogen (secondary N) is 1. The van der Waals surface area contributed by atoms with E-state index in [0.717, 1.165) is 18.2 Å². The molecule has 3 aromatic rings. The summed E-state index contributed by atoms with van der Waals surface area (Å²) in [6, 6.07) is 6.47. The molecule has 0 fully saturated rings. The highest BCUT2D eigenvalue weighted by molar-refractivity contribution is 5.80. The predicted molar refractivity (Wildman–Crippen MR) is 66.4 cm³/mol. The lowest BCUT2D eigenvalue weighted by Crippen LogP contribution is -2.04. The van der Waals surface area contributed by atoms with Gasteiger partial charge in [0.1, 0.15) is 5.82 Å². The van der Waals surface area contributed by atoms with Crippen molar-refractivity contribution in [1.29, 1.82) is 0 Å². The van der Waals surface area contributed by atoms with Crippen LogP contribution in [0.3, 0.4) is 0 Å². The molecule has 0 aliphatic rings. The van der Waals surface area contributed by atoms with Gasteiger partial charge in [0.05, 0.1) is 22.2 Å². The molecule has 0 amide bonds. The molecule has 21 heavy (non-hydrogen) atoms. The summed E-state index contributed by atoms with van der Waals surface area (Å²) in [4.78, 5) is 6.55. The maximum Gasteiger partial charge on any atom is 0.416 e. The summed E-state index contributed by atoms with van der Waals surface area (Å²) < 4.78 is 64.7. The van der Waals surface area contributed by atoms with E-state index in [2.05, 4.69) is 9.97 Å². The monoisotopic (exact) mass is 298 g/mol. The van der Waals surface area contributed by atoms with Crippen molar-refractivity contribution in [3.63, 3.8) is 0 Å². The van der Waals surface area contributed by atoms with Crippen LogP contribution in [-0.4, -0.2) is 9.97 Å². The Hall–Kier alpha value is -2.44. The highest BCUT2D eigenvalue weighted by atomic mass is 19.4. The number of benzene rings is 2. The highest BCUT2D eigenvalue weighted by Gasteiger charge is 2.30. The van der Waals surface area contributed by atoms with Crippen molar-refractivity contribution in [2.75, 3.05) is 0 Å². The van der Waals surface area contributed by atoms with E-state index in [0.29, 0.717) is 0 Å². The summed E-state index contributed by atoms with van der Waals surface area (Å²) in [6.45, 7) is 0. The van der Waals surface area contributed by atoms with Gasteiger partial charge in [-0.15, -0.1) is 0 Å². The molecule has 1 heterocycles. The molecule has 0 saturated carbocycles. The largest absolute Gasteiger partial charge is 0.416 e. The van der Waals surface area contributed by atoms with Gasteiger partial charge >= 0.3 is 6.18 Å². The van der Waals surface area contributed by atoms with Gasteiger partial charge < -0.3 is 4.98 Å². The number of halogens is 5. The molecule has 1 N–H and O–H groups in total. The zero-order valence-corrected chi connectivity index (χ0v) is 10.3. The molecule has 0 aliphatic carbocycles. The minimum Gasteiger partial charge on any atom is -0.338 e. The van der Waals surface area contributed by atoms with Crippen molar-refractivity contribution in [2.45, 2.75) is 6.18 Å². The van der Waals surface area contributed by atoms with E-state index in [9.17, 15) is 22.0 Å². The lowest BCUT2D eigenvalue weighted by atomic mass is 10.2. The Kier molecular flexibility index (Phi) is 2.93. The Morgan fingerprint density at radius 2 is 1.76 bits per heavy atom. The van der Waals surface area contributed by atoms with Gasteiger partial charge in [-0.2, -0.15) is 13.2 Å². The van der Waals surface area contributed by atoms with E-state index in [1.165, 1.54) is 18.2 Å². The van der Waals surface area contributed by atoms with Gasteiger partial charge in [-0.3, -0.25) is 0 Å². The molecular weight excluding hydrogens is 291 g/mol. The van der Waals surface area contributed by atoms with Crippen molar-refractivity contribution in [2.24, 2.45) is 0 Å². The maximum absolute atomic E-state index is 13.7. The smallest absolute Gasteiger partial charge is 0.338 e. The molecule has 0 radical (unpaired) electrons. The van der Waals surface area contributed by atoms with Gasteiger partial charge in [-0.25, -0.2) is 13.8 Å². The third-order valence-electron chi connectivity index (χ3n) is 3.02. The number of hydrogen-bond donors (Lipinski definition) is 1. The predicted octanol–water partition coefficient (Wildman–Crippen LogP) is 4.53. The number of nitrogens with zero attached hydrogens (tertiary/aromatic N) is 1. The molecule has 0 atom stereocenters. The quantitative estimate of drug-likeness (QED) is 0.657. The average Bonchev–Trinajstić information content (AvgIpc) is 2.83. The van der Waals surface area contributed by atoms with Crippen LogP contribution in [0.2, 0.25) is 0 Å². The van der Waals surface area contributed by atoms with Gasteiger partial charge in [-0.05, 0) is 30.3 Å². The molecule has 7 heteroatoms. The van der Waals surface area contributed by atoms with Crippen LogP contribution < -0.4 is 0 Å². The maximum atomic E-state index is 13.7. The fourth-order valence-corrected chi connectivity index (χ4v) is 2.00. The minimum atomic E-state index is -4.48. The Morgan fingerprint density at radius 1 is 1.00 bits per heavy atom. The first-order chi connectivity index (χ1) is 9.86. The SMILES string of the molecule is Fc1cccc(-c2nc3ccc(C(F)(F)F)cc3[nH]2)c1F. The Labute approximate surface area is 115 Å². The second-order valence-electron chi connectivity index (χ2n) is 4.42. The molecule has 0 spiro atoms. The first-order valence-corrected chi connectivity index (χ1v) is 5.87. The van der Waals surface area contributed by atoms with Gasteiger partial charge in [0.25, 0.3) is 0 Å². The van der Waals surface area contributed by atoms with Crippen LogP contribution in [0.25, 0.3) is 22.4 Å². The molecule has 108 valence electrons. The number of aromatic nitrogens is 2. The second kappa shape index (κ2) is 4.54. The highest BCUT2D eigenvalue weighted by Crippen LogP contribution is 2.32. The van der Waals surface area contributed by atoms with Crippen LogP contribution in [0.5, 0.6) is 0 Å². The molecule has 1 aromatic heterocycles. The van der Waals surface area contributed by atoms with Crippen LogP contribution in [0.1, 0.15) is 5.56 Å². The van der Waals surface area contributed by atoms with E-state index in [-0.39, 0.29) is 22.4 Å². The molecule has 0 aliphatic heterocycles. The zero-order chi connectivity index (χ0) is 15.2. The number of H-pyrrole nitrogens is 1. The normalized spacial score (nSPS) is 12.0. The van der Waals surface area contributed by atoms with Crippen LogP contribution >= 0.6 is 0 Å². The number of aromatic amines is 1. The Morgan fingerprint density at radius 3 is 2.48 bits per heavy atom. The molecule has 2 aromatic carbocycles. The van der Waals surface area contributed by atoms with Gasteiger partial charge in [0.15, 0.2) is 11.6 Å². The number of alkyl halides is 3. The van der Waals surface area contributed by atoms with Crippen molar-refractivity contribution in [1.82, 2.24) is 9.97 Å². The fraction of sp³-hybridized carbons (Fsp3) is 0.0714. The van der Waals surface area contributed by atoms with E-state index in [1.807, 2.05) is 0 Å². The minimum absolute atomic E-state index is 0.0266. The molecule has 3 rings (SSSR count). The van der Waals surface area contributed by atoms with Gasteiger partial charge in [0.2, 0.25) is 0 Å². The molecule has 0 unspecified atom stereocenters. The Bertz CT molecular complexity index is 820. The summed E-state index contributed by atoms with van der Waals surface area (Å²) in [6.07, 6.45) is -4.48. The average molecular weight is 298 g/mol. The lowest BCUT2D eigenvalue weighted by molar-refractivity contribution is -0.137. The number of imidazole rings is 1. The van der Waals surface area contributed by atoms with Crippen molar-refractivity contribution >= 4 is 11.0 Å². The first-order valence-electron chi connectivity index (χ1n) is 5.87. The Balaban J connectivity index is 2.15. The van der Waals surface area contributed by atoms with Gasteiger partial charge in [-0.1, -0.05) is 6.07 Å². The van der Waals surface area contributed by atoms with Crippen molar-refractivity contribution in [3.8, 4) is 11.4 Å². The summed E-state index contributed by atoms with van der Waals surface area (Å²) in [7, 11) is 0. The molecular formula is C14H7F5N2. The molecule has 0 bridgehead atoms. The van der Waals surface area contributed by atoms with Crippen LogP contribution in [0.15, 0.2) is 36.4 Å². The molecule has 2 nitrogen and oxygen atoms in total. The van der Waals surface area contributed by atoms with E-state index in [1.54, 1.807) is 0 Å². The van der Waals surface area contributed by atoms with Crippen LogP contribution in [-0.2, 0) is 6.18 Å². The van der Waals surface area contributed by atoms with Crippen LogP contribution in [0, 0.1) is 11.6 Å². The van der Waals surface area contributed by atoms with Gasteiger partial charge in [0, 0.05) is 0 Å². The summed E-state index contributed by atoms with van der Waals surface area (Å²) in [5, 5.41) is 0. The first kappa shape index (κ1) is 13.5. The summed E-state index contributed by atoms with van der Waals surface area (Å²) in [5.74, 6) is -2.18. The fourth-order valence-electron chi connectivity index (χ4n) is 2.00. The van der Waals surface area contributed by atoms with E-state index in [4.69, 9.17) is 0 Å². The number of fused-ring (bicyclic) bond motifs is 1. The van der Waals surface area contributed by atoms with E-state index >= 15 is 0 Å². The van der Waals surface area contributed by atoms with Crippen molar-refractivity contribution < 1.29 is 22.0 Å². The third kappa shape index (κ3) is 2.35. The number of hydrogen-bond acceptors (Lipinski definition) is 1. The van der Waals surface area contributed by atoms with Crippen molar-refractivity contribution in [3.05, 3.63) is 53.6 Å². The zero-order valence-electron chi connectivity index (χ0n) is 10.3.